The summed E-state index contributed by atoms with van der Waals surface area (Å²) in [5, 5.41) is 10.6. The van der Waals surface area contributed by atoms with E-state index in [4.69, 9.17) is 4.74 Å². The lowest BCUT2D eigenvalue weighted by atomic mass is 9.71. The van der Waals surface area contributed by atoms with E-state index in [1.54, 1.807) is 6.92 Å². The van der Waals surface area contributed by atoms with Crippen molar-refractivity contribution in [3.63, 3.8) is 0 Å². The maximum atomic E-state index is 14.0. The fraction of sp³-hybridized carbons (Fsp3) is 0.533. The molecule has 0 aromatic heterocycles. The molecule has 0 heterocycles. The van der Waals surface area contributed by atoms with Crippen LogP contribution in [0.3, 0.4) is 0 Å². The highest BCUT2D eigenvalue weighted by molar-refractivity contribution is 5.77. The second-order valence-corrected chi connectivity index (χ2v) is 5.50. The summed E-state index contributed by atoms with van der Waals surface area (Å²) in [5.74, 6) is -2.07. The number of halogens is 2. The van der Waals surface area contributed by atoms with Crippen LogP contribution in [0.4, 0.5) is 8.78 Å². The Hall–Kier alpha value is -1.49. The fourth-order valence-electron chi connectivity index (χ4n) is 1.87. The van der Waals surface area contributed by atoms with E-state index >= 15 is 0 Å². The molecule has 1 N–H and O–H groups in total. The lowest BCUT2D eigenvalue weighted by Gasteiger charge is -2.38. The summed E-state index contributed by atoms with van der Waals surface area (Å²) in [6.07, 6.45) is 0. The molecule has 3 nitrogen and oxygen atoms in total. The molecule has 112 valence electrons. The van der Waals surface area contributed by atoms with Crippen molar-refractivity contribution >= 4 is 5.97 Å². The van der Waals surface area contributed by atoms with Crippen LogP contribution in [0.25, 0.3) is 0 Å². The monoisotopic (exact) mass is 286 g/mol. The molecule has 0 amide bonds. The second-order valence-electron chi connectivity index (χ2n) is 5.50. The molecule has 20 heavy (non-hydrogen) atoms. The highest BCUT2D eigenvalue weighted by atomic mass is 19.1. The van der Waals surface area contributed by atoms with Crippen LogP contribution in [-0.4, -0.2) is 17.7 Å². The number of carbonyl (C=O) groups excluding carboxylic acids is 1. The number of hydrogen-bond acceptors (Lipinski definition) is 3. The third-order valence-electron chi connectivity index (χ3n) is 3.78. The van der Waals surface area contributed by atoms with E-state index in [-0.39, 0.29) is 17.7 Å². The van der Waals surface area contributed by atoms with E-state index in [1.165, 1.54) is 27.7 Å². The summed E-state index contributed by atoms with van der Waals surface area (Å²) in [7, 11) is 0. The lowest BCUT2D eigenvalue weighted by Crippen LogP contribution is -2.46. The summed E-state index contributed by atoms with van der Waals surface area (Å²) in [5.41, 5.74) is -3.46. The molecule has 0 spiro atoms. The average molecular weight is 286 g/mol. The number of rotatable bonds is 4. The van der Waals surface area contributed by atoms with Gasteiger partial charge in [0.2, 0.25) is 0 Å². The minimum atomic E-state index is -1.90. The number of carbonyl (C=O) groups is 1. The molecule has 1 aromatic rings. The topological polar surface area (TPSA) is 46.5 Å². The number of esters is 1. The van der Waals surface area contributed by atoms with E-state index in [0.717, 1.165) is 12.1 Å². The first-order chi connectivity index (χ1) is 9.05. The van der Waals surface area contributed by atoms with Crippen molar-refractivity contribution in [2.24, 2.45) is 5.41 Å². The molecule has 1 atom stereocenters. The molecule has 0 aliphatic rings. The number of hydrogen-bond donors (Lipinski definition) is 1. The Kier molecular flexibility index (Phi) is 4.54. The van der Waals surface area contributed by atoms with E-state index < -0.39 is 28.6 Å². The Labute approximate surface area is 117 Å². The van der Waals surface area contributed by atoms with Crippen molar-refractivity contribution < 1.29 is 23.4 Å². The lowest BCUT2D eigenvalue weighted by molar-refractivity contribution is -0.170. The van der Waals surface area contributed by atoms with Crippen LogP contribution in [-0.2, 0) is 15.1 Å². The summed E-state index contributed by atoms with van der Waals surface area (Å²) in [4.78, 5) is 11.9. The van der Waals surface area contributed by atoms with Gasteiger partial charge in [0, 0.05) is 5.56 Å². The Morgan fingerprint density at radius 2 is 1.80 bits per heavy atom. The van der Waals surface area contributed by atoms with Crippen molar-refractivity contribution in [3.8, 4) is 0 Å². The number of aryl methyl sites for hydroxylation is 1. The van der Waals surface area contributed by atoms with Gasteiger partial charge in [0.05, 0.1) is 12.0 Å². The van der Waals surface area contributed by atoms with E-state index in [9.17, 15) is 18.7 Å². The van der Waals surface area contributed by atoms with Gasteiger partial charge in [-0.05, 0) is 52.3 Å². The molecule has 1 unspecified atom stereocenters. The molecule has 1 aromatic carbocycles. The zero-order chi connectivity index (χ0) is 15.7. The Morgan fingerprint density at radius 3 is 2.30 bits per heavy atom. The smallest absolute Gasteiger partial charge is 0.314 e. The zero-order valence-electron chi connectivity index (χ0n) is 12.4. The van der Waals surface area contributed by atoms with Crippen molar-refractivity contribution in [2.75, 3.05) is 6.61 Å². The molecule has 0 bridgehead atoms. The second kappa shape index (κ2) is 5.48. The standard InChI is InChI=1S/C15H20F2O3/c1-6-20-13(18)14(3,4)15(5,19)10-8-11(16)9(2)7-12(10)17/h7-8,19H,6H2,1-5H3. The number of ether oxygens (including phenoxy) is 1. The highest BCUT2D eigenvalue weighted by Crippen LogP contribution is 2.41. The molecule has 5 heteroatoms. The minimum Gasteiger partial charge on any atom is -0.465 e. The molecule has 0 aliphatic carbocycles. The fourth-order valence-corrected chi connectivity index (χ4v) is 1.87. The molecular formula is C15H20F2O3. The first-order valence-electron chi connectivity index (χ1n) is 6.41. The van der Waals surface area contributed by atoms with Crippen molar-refractivity contribution in [1.29, 1.82) is 0 Å². The van der Waals surface area contributed by atoms with Crippen molar-refractivity contribution in [2.45, 2.75) is 40.2 Å². The van der Waals surface area contributed by atoms with Gasteiger partial charge in [-0.1, -0.05) is 0 Å². The SMILES string of the molecule is CCOC(=O)C(C)(C)C(C)(O)c1cc(F)c(C)cc1F. The number of benzene rings is 1. The zero-order valence-corrected chi connectivity index (χ0v) is 12.4. The minimum absolute atomic E-state index is 0.135. The van der Waals surface area contributed by atoms with Gasteiger partial charge in [0.25, 0.3) is 0 Å². The van der Waals surface area contributed by atoms with E-state index in [0.29, 0.717) is 0 Å². The van der Waals surface area contributed by atoms with Crippen LogP contribution in [0.5, 0.6) is 0 Å². The van der Waals surface area contributed by atoms with Crippen molar-refractivity contribution in [3.05, 3.63) is 34.9 Å². The van der Waals surface area contributed by atoms with Crippen LogP contribution in [0.1, 0.15) is 38.8 Å². The predicted molar refractivity (Wildman–Crippen MR) is 71.1 cm³/mol. The molecule has 1 rings (SSSR count). The van der Waals surface area contributed by atoms with Crippen LogP contribution in [0.15, 0.2) is 12.1 Å². The molecule has 0 radical (unpaired) electrons. The Morgan fingerprint density at radius 1 is 1.25 bits per heavy atom. The van der Waals surface area contributed by atoms with Gasteiger partial charge in [-0.2, -0.15) is 0 Å². The third-order valence-corrected chi connectivity index (χ3v) is 3.78. The Balaban J connectivity index is 3.35. The van der Waals surface area contributed by atoms with Gasteiger partial charge < -0.3 is 9.84 Å². The van der Waals surface area contributed by atoms with Gasteiger partial charge >= 0.3 is 5.97 Å². The molecule has 0 saturated carbocycles. The summed E-state index contributed by atoms with van der Waals surface area (Å²) in [6, 6.07) is 1.92. The molecule has 0 saturated heterocycles. The van der Waals surface area contributed by atoms with Crippen LogP contribution >= 0.6 is 0 Å². The molecular weight excluding hydrogens is 266 g/mol. The van der Waals surface area contributed by atoms with E-state index in [1.807, 2.05) is 0 Å². The summed E-state index contributed by atoms with van der Waals surface area (Å²) < 4.78 is 32.6. The predicted octanol–water partition coefficient (Wildman–Crippen LogP) is 3.07. The van der Waals surface area contributed by atoms with Crippen LogP contribution < -0.4 is 0 Å². The van der Waals surface area contributed by atoms with Gasteiger partial charge in [-0.25, -0.2) is 8.78 Å². The maximum absolute atomic E-state index is 14.0. The average Bonchev–Trinajstić information content (AvgIpc) is 2.33. The molecule has 0 aliphatic heterocycles. The normalized spacial score (nSPS) is 14.8. The van der Waals surface area contributed by atoms with E-state index in [2.05, 4.69) is 0 Å². The first kappa shape index (κ1) is 16.6. The Bertz CT molecular complexity index is 522. The van der Waals surface area contributed by atoms with Crippen LogP contribution in [0, 0.1) is 24.0 Å². The third kappa shape index (κ3) is 2.68. The molecule has 0 fully saturated rings. The van der Waals surface area contributed by atoms with Crippen LogP contribution in [0.2, 0.25) is 0 Å². The largest absolute Gasteiger partial charge is 0.465 e. The quantitative estimate of drug-likeness (QED) is 0.865. The highest BCUT2D eigenvalue weighted by Gasteiger charge is 2.49. The first-order valence-corrected chi connectivity index (χ1v) is 6.41. The number of aliphatic hydroxyl groups is 1. The maximum Gasteiger partial charge on any atom is 0.314 e. The van der Waals surface area contributed by atoms with Gasteiger partial charge in [0.15, 0.2) is 0 Å². The van der Waals surface area contributed by atoms with Gasteiger partial charge in [0.1, 0.15) is 17.2 Å². The van der Waals surface area contributed by atoms with Gasteiger partial charge in [-0.15, -0.1) is 0 Å². The van der Waals surface area contributed by atoms with Crippen molar-refractivity contribution in [1.82, 2.24) is 0 Å². The summed E-state index contributed by atoms with van der Waals surface area (Å²) in [6.45, 7) is 7.34. The summed E-state index contributed by atoms with van der Waals surface area (Å²) >= 11 is 0. The van der Waals surface area contributed by atoms with Gasteiger partial charge in [-0.3, -0.25) is 4.79 Å².